The number of rotatable bonds is 4. The Hall–Kier alpha value is -3.06. The molecule has 1 aromatic heterocycles. The average Bonchev–Trinajstić information content (AvgIpc) is 2.97. The van der Waals surface area contributed by atoms with Gasteiger partial charge in [-0.25, -0.2) is 9.59 Å². The zero-order chi connectivity index (χ0) is 19.6. The zero-order valence-electron chi connectivity index (χ0n) is 15.5. The predicted molar refractivity (Wildman–Crippen MR) is 108 cm³/mol. The number of carbonyl (C=O) groups excluding carboxylic acids is 2. The van der Waals surface area contributed by atoms with Crippen LogP contribution in [0.5, 0.6) is 5.75 Å². The van der Waals surface area contributed by atoms with Crippen LogP contribution in [0.2, 0.25) is 0 Å². The van der Waals surface area contributed by atoms with Crippen molar-refractivity contribution in [2.75, 3.05) is 24.9 Å². The molecule has 0 aliphatic heterocycles. The van der Waals surface area contributed by atoms with Gasteiger partial charge in [-0.15, -0.1) is 11.3 Å². The molecule has 0 aliphatic carbocycles. The number of amides is 2. The Labute approximate surface area is 161 Å². The Morgan fingerprint density at radius 2 is 1.59 bits per heavy atom. The van der Waals surface area contributed by atoms with Crippen LogP contribution >= 0.6 is 11.3 Å². The molecule has 140 valence electrons. The monoisotopic (exact) mass is 384 g/mol. The van der Waals surface area contributed by atoms with Gasteiger partial charge in [-0.05, 0) is 55.3 Å². The fraction of sp³-hybridized carbons (Fsp3) is 0.200. The number of urea groups is 1. The second-order valence-electron chi connectivity index (χ2n) is 6.12. The van der Waals surface area contributed by atoms with Crippen LogP contribution in [0.25, 0.3) is 10.1 Å². The second-order valence-corrected chi connectivity index (χ2v) is 7.17. The minimum atomic E-state index is -0.449. The summed E-state index contributed by atoms with van der Waals surface area (Å²) in [5, 5.41) is 6.38. The molecule has 0 saturated heterocycles. The van der Waals surface area contributed by atoms with Crippen molar-refractivity contribution in [2.45, 2.75) is 13.8 Å². The van der Waals surface area contributed by atoms with Crippen LogP contribution in [0, 0.1) is 13.8 Å². The van der Waals surface area contributed by atoms with E-state index in [1.54, 1.807) is 12.1 Å². The topological polar surface area (TPSA) is 76.7 Å². The number of nitrogens with one attached hydrogen (secondary N) is 2. The van der Waals surface area contributed by atoms with E-state index in [2.05, 4.69) is 10.6 Å². The molecule has 0 unspecified atom stereocenters. The maximum absolute atomic E-state index is 12.3. The lowest BCUT2D eigenvalue weighted by Gasteiger charge is -2.10. The number of thiophene rings is 1. The average molecular weight is 384 g/mol. The van der Waals surface area contributed by atoms with E-state index in [0.29, 0.717) is 16.3 Å². The normalized spacial score (nSPS) is 10.5. The molecule has 27 heavy (non-hydrogen) atoms. The smallest absolute Gasteiger partial charge is 0.351 e. The zero-order valence-corrected chi connectivity index (χ0v) is 16.3. The highest BCUT2D eigenvalue weighted by Gasteiger charge is 2.20. The molecule has 2 amide bonds. The first kappa shape index (κ1) is 18.7. The van der Waals surface area contributed by atoms with Gasteiger partial charge in [0.1, 0.15) is 0 Å². The largest absolute Gasteiger partial charge is 0.494 e. The summed E-state index contributed by atoms with van der Waals surface area (Å²) >= 11 is 1.29. The third-order valence-corrected chi connectivity index (χ3v) is 5.09. The van der Waals surface area contributed by atoms with E-state index in [0.717, 1.165) is 26.9 Å². The highest BCUT2D eigenvalue weighted by Crippen LogP contribution is 2.39. The molecule has 0 spiro atoms. The van der Waals surface area contributed by atoms with Crippen molar-refractivity contribution in [1.82, 2.24) is 0 Å². The van der Waals surface area contributed by atoms with Crippen molar-refractivity contribution in [3.05, 3.63) is 52.4 Å². The summed E-state index contributed by atoms with van der Waals surface area (Å²) in [6.07, 6.45) is 0. The summed E-state index contributed by atoms with van der Waals surface area (Å²) in [6, 6.07) is 10.9. The molecule has 3 aromatic rings. The van der Waals surface area contributed by atoms with Crippen LogP contribution in [0.4, 0.5) is 16.2 Å². The molecule has 2 aromatic carbocycles. The number of fused-ring (bicyclic) bond motifs is 1. The van der Waals surface area contributed by atoms with Crippen molar-refractivity contribution in [3.8, 4) is 5.75 Å². The Morgan fingerprint density at radius 1 is 0.926 bits per heavy atom. The standard InChI is InChI=1S/C20H20N2O4S/c1-11-7-12(2)9-14(8-11)22-20(24)21-13-5-6-16-15(10-13)17(25-3)18(27-16)19(23)26-4/h5-10H,1-4H3,(H2,21,22,24). The highest BCUT2D eigenvalue weighted by atomic mass is 32.1. The number of anilines is 2. The van der Waals surface area contributed by atoms with Gasteiger partial charge in [-0.2, -0.15) is 0 Å². The number of benzene rings is 2. The third kappa shape index (κ3) is 4.03. The summed E-state index contributed by atoms with van der Waals surface area (Å²) in [6.45, 7) is 3.96. The van der Waals surface area contributed by atoms with Crippen LogP contribution in [-0.2, 0) is 4.74 Å². The Morgan fingerprint density at radius 3 is 2.22 bits per heavy atom. The number of carbonyl (C=O) groups is 2. The van der Waals surface area contributed by atoms with Gasteiger partial charge in [0.25, 0.3) is 0 Å². The maximum atomic E-state index is 12.3. The summed E-state index contributed by atoms with van der Waals surface area (Å²) in [5.41, 5.74) is 3.47. The van der Waals surface area contributed by atoms with E-state index >= 15 is 0 Å². The number of ether oxygens (including phenoxy) is 2. The fourth-order valence-electron chi connectivity index (χ4n) is 2.92. The Balaban J connectivity index is 1.84. The van der Waals surface area contributed by atoms with E-state index in [-0.39, 0.29) is 6.03 Å². The quantitative estimate of drug-likeness (QED) is 0.624. The summed E-state index contributed by atoms with van der Waals surface area (Å²) in [4.78, 5) is 24.6. The van der Waals surface area contributed by atoms with Crippen molar-refractivity contribution < 1.29 is 19.1 Å². The van der Waals surface area contributed by atoms with Crippen LogP contribution in [0.1, 0.15) is 20.8 Å². The van der Waals surface area contributed by atoms with Crippen molar-refractivity contribution in [3.63, 3.8) is 0 Å². The lowest BCUT2D eigenvalue weighted by atomic mass is 10.1. The molecule has 7 heteroatoms. The van der Waals surface area contributed by atoms with Crippen LogP contribution in [0.15, 0.2) is 36.4 Å². The Kier molecular flexibility index (Phi) is 5.32. The number of hydrogen-bond acceptors (Lipinski definition) is 5. The van der Waals surface area contributed by atoms with Gasteiger partial charge in [0.2, 0.25) is 0 Å². The van der Waals surface area contributed by atoms with Gasteiger partial charge in [-0.3, -0.25) is 0 Å². The molecular formula is C20H20N2O4S. The molecule has 0 saturated carbocycles. The van der Waals surface area contributed by atoms with Gasteiger partial charge < -0.3 is 20.1 Å². The number of hydrogen-bond donors (Lipinski definition) is 2. The lowest BCUT2D eigenvalue weighted by molar-refractivity contribution is 0.0603. The Bertz CT molecular complexity index is 1010. The minimum Gasteiger partial charge on any atom is -0.494 e. The predicted octanol–water partition coefficient (Wildman–Crippen LogP) is 4.96. The number of aryl methyl sites for hydroxylation is 2. The highest BCUT2D eigenvalue weighted by molar-refractivity contribution is 7.21. The van der Waals surface area contributed by atoms with Crippen LogP contribution in [-0.4, -0.2) is 26.2 Å². The fourth-order valence-corrected chi connectivity index (χ4v) is 3.99. The second kappa shape index (κ2) is 7.67. The van der Waals surface area contributed by atoms with Gasteiger partial charge in [0.05, 0.1) is 14.2 Å². The third-order valence-electron chi connectivity index (χ3n) is 3.95. The van der Waals surface area contributed by atoms with Crippen molar-refractivity contribution in [1.29, 1.82) is 0 Å². The summed E-state index contributed by atoms with van der Waals surface area (Å²) < 4.78 is 11.1. The van der Waals surface area contributed by atoms with E-state index in [9.17, 15) is 9.59 Å². The molecule has 0 atom stereocenters. The molecule has 0 fully saturated rings. The van der Waals surface area contributed by atoms with Gasteiger partial charge in [0.15, 0.2) is 10.6 Å². The summed E-state index contributed by atoms with van der Waals surface area (Å²) in [5.74, 6) is -0.00432. The molecule has 3 rings (SSSR count). The molecular weight excluding hydrogens is 364 g/mol. The minimum absolute atomic E-state index is 0.346. The molecule has 0 bridgehead atoms. The van der Waals surface area contributed by atoms with Gasteiger partial charge >= 0.3 is 12.0 Å². The molecule has 1 heterocycles. The first-order valence-electron chi connectivity index (χ1n) is 8.26. The first-order valence-corrected chi connectivity index (χ1v) is 9.08. The molecule has 0 radical (unpaired) electrons. The van der Waals surface area contributed by atoms with Crippen molar-refractivity contribution >= 4 is 44.8 Å². The van der Waals surface area contributed by atoms with E-state index in [1.807, 2.05) is 38.1 Å². The SMILES string of the molecule is COC(=O)c1sc2ccc(NC(=O)Nc3cc(C)cc(C)c3)cc2c1OC. The number of esters is 1. The van der Waals surface area contributed by atoms with Crippen LogP contribution < -0.4 is 15.4 Å². The van der Waals surface area contributed by atoms with Gasteiger partial charge in [-0.1, -0.05) is 6.07 Å². The van der Waals surface area contributed by atoms with E-state index < -0.39 is 5.97 Å². The van der Waals surface area contributed by atoms with Crippen molar-refractivity contribution in [2.24, 2.45) is 0 Å². The number of methoxy groups -OCH3 is 2. The maximum Gasteiger partial charge on any atom is 0.351 e. The van der Waals surface area contributed by atoms with Gasteiger partial charge in [0, 0.05) is 21.5 Å². The molecule has 2 N–H and O–H groups in total. The van der Waals surface area contributed by atoms with Crippen LogP contribution in [0.3, 0.4) is 0 Å². The molecule has 0 aliphatic rings. The molecule has 6 nitrogen and oxygen atoms in total. The first-order chi connectivity index (χ1) is 12.9. The summed E-state index contributed by atoms with van der Waals surface area (Å²) in [7, 11) is 2.83. The van der Waals surface area contributed by atoms with E-state index in [4.69, 9.17) is 9.47 Å². The van der Waals surface area contributed by atoms with E-state index in [1.165, 1.54) is 25.6 Å². The lowest BCUT2D eigenvalue weighted by Crippen LogP contribution is -2.19.